The van der Waals surface area contributed by atoms with Crippen molar-refractivity contribution in [2.45, 2.75) is 60.1 Å². The second-order valence-corrected chi connectivity index (χ2v) is 7.41. The van der Waals surface area contributed by atoms with Crippen molar-refractivity contribution in [1.82, 2.24) is 16.2 Å². The van der Waals surface area contributed by atoms with Gasteiger partial charge in [0, 0.05) is 5.56 Å². The maximum atomic E-state index is 12.6. The molecule has 0 aliphatic heterocycles. The Hall–Kier alpha value is -3.17. The average molecular weight is 440 g/mol. The van der Waals surface area contributed by atoms with Crippen molar-refractivity contribution >= 4 is 17.9 Å². The lowest BCUT2D eigenvalue weighted by Gasteiger charge is -2.21. The molecule has 1 atom stereocenters. The summed E-state index contributed by atoms with van der Waals surface area (Å²) in [7, 11) is 0. The van der Waals surface area contributed by atoms with Crippen LogP contribution in [0.5, 0.6) is 17.2 Å². The summed E-state index contributed by atoms with van der Waals surface area (Å²) in [6.45, 7) is 13.2. The van der Waals surface area contributed by atoms with Crippen LogP contribution < -0.4 is 30.4 Å². The molecule has 0 spiro atoms. The summed E-state index contributed by atoms with van der Waals surface area (Å²) in [5, 5.41) is 2.39. The molecule has 31 heavy (non-hydrogen) atoms. The molecule has 1 aromatic rings. The van der Waals surface area contributed by atoms with E-state index in [1.54, 1.807) is 20.8 Å². The fraction of sp³-hybridized carbons (Fsp3) is 0.571. The van der Waals surface area contributed by atoms with Crippen molar-refractivity contribution < 1.29 is 33.3 Å². The number of ether oxygens (including phenoxy) is 4. The molecular weight excluding hydrogens is 406 g/mol. The van der Waals surface area contributed by atoms with Crippen LogP contribution in [0.15, 0.2) is 12.1 Å². The van der Waals surface area contributed by atoms with Crippen LogP contribution in [0.4, 0.5) is 4.79 Å². The molecule has 0 bridgehead atoms. The van der Waals surface area contributed by atoms with Gasteiger partial charge in [0.05, 0.1) is 19.8 Å². The lowest BCUT2D eigenvalue weighted by Crippen LogP contribution is -2.51. The number of nitrogens with one attached hydrogen (secondary N) is 3. The second kappa shape index (κ2) is 11.9. The zero-order chi connectivity index (χ0) is 23.6. The molecule has 0 fully saturated rings. The molecule has 3 N–H and O–H groups in total. The molecule has 10 nitrogen and oxygen atoms in total. The number of carbonyl (C=O) groups is 3. The Morgan fingerprint density at radius 1 is 0.903 bits per heavy atom. The molecule has 0 aromatic heterocycles. The van der Waals surface area contributed by atoms with Crippen LogP contribution in [0.25, 0.3) is 0 Å². The van der Waals surface area contributed by atoms with Crippen LogP contribution in [0, 0.1) is 0 Å². The molecule has 0 heterocycles. The van der Waals surface area contributed by atoms with Gasteiger partial charge >= 0.3 is 6.09 Å². The Bertz CT molecular complexity index is 748. The van der Waals surface area contributed by atoms with E-state index in [4.69, 9.17) is 18.9 Å². The van der Waals surface area contributed by atoms with Gasteiger partial charge in [-0.05, 0) is 60.6 Å². The molecule has 3 amide bonds. The van der Waals surface area contributed by atoms with E-state index in [0.29, 0.717) is 37.1 Å². The van der Waals surface area contributed by atoms with Gasteiger partial charge in [-0.1, -0.05) is 0 Å². The number of rotatable bonds is 9. The first-order valence-electron chi connectivity index (χ1n) is 10.2. The third kappa shape index (κ3) is 8.61. The molecule has 0 saturated heterocycles. The van der Waals surface area contributed by atoms with E-state index >= 15 is 0 Å². The number of benzene rings is 1. The van der Waals surface area contributed by atoms with Gasteiger partial charge in [-0.3, -0.25) is 20.4 Å². The van der Waals surface area contributed by atoms with Crippen LogP contribution >= 0.6 is 0 Å². The first kappa shape index (κ1) is 25.9. The molecule has 174 valence electrons. The normalized spacial score (nSPS) is 11.7. The summed E-state index contributed by atoms with van der Waals surface area (Å²) in [6, 6.07) is 2.07. The zero-order valence-corrected chi connectivity index (χ0v) is 19.2. The summed E-state index contributed by atoms with van der Waals surface area (Å²) in [4.78, 5) is 36.5. The number of carbonyl (C=O) groups excluding carboxylic acids is 3. The maximum absolute atomic E-state index is 12.6. The van der Waals surface area contributed by atoms with Crippen LogP contribution in [0.1, 0.15) is 58.8 Å². The van der Waals surface area contributed by atoms with Gasteiger partial charge in [-0.15, -0.1) is 0 Å². The van der Waals surface area contributed by atoms with E-state index in [9.17, 15) is 14.4 Å². The number of alkyl carbamates (subject to hydrolysis) is 1. The van der Waals surface area contributed by atoms with E-state index in [1.807, 2.05) is 20.8 Å². The third-order valence-electron chi connectivity index (χ3n) is 3.60. The number of hydrogen-bond acceptors (Lipinski definition) is 7. The van der Waals surface area contributed by atoms with Crippen molar-refractivity contribution in [3.8, 4) is 17.2 Å². The van der Waals surface area contributed by atoms with Crippen molar-refractivity contribution in [2.75, 3.05) is 19.8 Å². The monoisotopic (exact) mass is 439 g/mol. The summed E-state index contributed by atoms with van der Waals surface area (Å²) in [5.74, 6) is -0.108. The maximum Gasteiger partial charge on any atom is 0.408 e. The third-order valence-corrected chi connectivity index (χ3v) is 3.60. The van der Waals surface area contributed by atoms with Gasteiger partial charge in [0.2, 0.25) is 5.75 Å². The summed E-state index contributed by atoms with van der Waals surface area (Å²) < 4.78 is 21.9. The SMILES string of the molecule is CCOc1cc(C(=O)NNC(=O)C(C)NC(=O)OC(C)(C)C)cc(OCC)c1OCC. The van der Waals surface area contributed by atoms with Gasteiger partial charge in [0.25, 0.3) is 11.8 Å². The first-order valence-corrected chi connectivity index (χ1v) is 10.2. The molecule has 0 radical (unpaired) electrons. The smallest absolute Gasteiger partial charge is 0.408 e. The molecule has 1 aromatic carbocycles. The fourth-order valence-corrected chi connectivity index (χ4v) is 2.37. The number of hydrazine groups is 1. The highest BCUT2D eigenvalue weighted by Gasteiger charge is 2.22. The van der Waals surface area contributed by atoms with Gasteiger partial charge < -0.3 is 24.3 Å². The van der Waals surface area contributed by atoms with E-state index in [0.717, 1.165) is 0 Å². The molecule has 0 aliphatic rings. The molecule has 1 unspecified atom stereocenters. The molecular formula is C21H33N3O7. The van der Waals surface area contributed by atoms with E-state index in [2.05, 4.69) is 16.2 Å². The Morgan fingerprint density at radius 2 is 1.42 bits per heavy atom. The standard InChI is InChI=1S/C21H33N3O7/c1-8-28-15-11-14(12-16(29-9-2)17(15)30-10-3)19(26)24-23-18(25)13(4)22-20(27)31-21(5,6)7/h11-13H,8-10H2,1-7H3,(H,22,27)(H,23,25)(H,24,26). The summed E-state index contributed by atoms with van der Waals surface area (Å²) in [6.07, 6.45) is -0.740. The minimum atomic E-state index is -0.937. The Balaban J connectivity index is 2.86. The van der Waals surface area contributed by atoms with Gasteiger partial charge in [0.15, 0.2) is 11.5 Å². The molecule has 1 rings (SSSR count). The topological polar surface area (TPSA) is 124 Å². The van der Waals surface area contributed by atoms with Crippen molar-refractivity contribution in [1.29, 1.82) is 0 Å². The predicted octanol–water partition coefficient (Wildman–Crippen LogP) is 2.56. The Morgan fingerprint density at radius 3 is 1.87 bits per heavy atom. The van der Waals surface area contributed by atoms with Crippen molar-refractivity contribution in [2.24, 2.45) is 0 Å². The summed E-state index contributed by atoms with van der Waals surface area (Å²) in [5.41, 5.74) is 4.08. The van der Waals surface area contributed by atoms with E-state index < -0.39 is 29.6 Å². The van der Waals surface area contributed by atoms with Gasteiger partial charge in [0.1, 0.15) is 11.6 Å². The molecule has 0 aliphatic carbocycles. The highest BCUT2D eigenvalue weighted by Crippen LogP contribution is 2.39. The van der Waals surface area contributed by atoms with E-state index in [-0.39, 0.29) is 5.56 Å². The quantitative estimate of drug-likeness (QED) is 0.505. The fourth-order valence-electron chi connectivity index (χ4n) is 2.37. The van der Waals surface area contributed by atoms with Crippen LogP contribution in [-0.2, 0) is 9.53 Å². The lowest BCUT2D eigenvalue weighted by molar-refractivity contribution is -0.123. The second-order valence-electron chi connectivity index (χ2n) is 7.41. The zero-order valence-electron chi connectivity index (χ0n) is 19.2. The van der Waals surface area contributed by atoms with E-state index in [1.165, 1.54) is 19.1 Å². The lowest BCUT2D eigenvalue weighted by atomic mass is 10.1. The predicted molar refractivity (Wildman–Crippen MR) is 114 cm³/mol. The van der Waals surface area contributed by atoms with Gasteiger partial charge in [-0.25, -0.2) is 4.79 Å². The van der Waals surface area contributed by atoms with Crippen LogP contribution in [0.3, 0.4) is 0 Å². The number of hydrogen-bond donors (Lipinski definition) is 3. The molecule has 10 heteroatoms. The number of amides is 3. The molecule has 0 saturated carbocycles. The van der Waals surface area contributed by atoms with Crippen molar-refractivity contribution in [3.63, 3.8) is 0 Å². The minimum absolute atomic E-state index is 0.198. The highest BCUT2D eigenvalue weighted by molar-refractivity contribution is 5.97. The largest absolute Gasteiger partial charge is 0.490 e. The first-order chi connectivity index (χ1) is 14.5. The van der Waals surface area contributed by atoms with Crippen molar-refractivity contribution in [3.05, 3.63) is 17.7 Å². The highest BCUT2D eigenvalue weighted by atomic mass is 16.6. The Kier molecular flexibility index (Phi) is 9.91. The van der Waals surface area contributed by atoms with Gasteiger partial charge in [-0.2, -0.15) is 0 Å². The summed E-state index contributed by atoms with van der Waals surface area (Å²) >= 11 is 0. The van der Waals surface area contributed by atoms with Crippen LogP contribution in [-0.4, -0.2) is 49.4 Å². The van der Waals surface area contributed by atoms with Crippen LogP contribution in [0.2, 0.25) is 0 Å². The average Bonchev–Trinajstić information content (AvgIpc) is 2.66. The minimum Gasteiger partial charge on any atom is -0.490 e. The Labute approximate surface area is 182 Å².